The molecule has 0 saturated carbocycles. The van der Waals surface area contributed by atoms with Crippen molar-refractivity contribution in [3.05, 3.63) is 64.7 Å². The van der Waals surface area contributed by atoms with Gasteiger partial charge in [-0.15, -0.1) is 0 Å². The van der Waals surface area contributed by atoms with Crippen LogP contribution in [0.3, 0.4) is 0 Å². The van der Waals surface area contributed by atoms with E-state index in [4.69, 9.17) is 0 Å². The van der Waals surface area contributed by atoms with Gasteiger partial charge in [0, 0.05) is 50.3 Å². The standard InChI is InChI=1S/C24H27N3O3/c1-17-4-3-5-21(18(17)2)25-12-14-26(15-13-25)24(30)20-8-6-19(7-9-20)16-27-22(28)10-11-23(27)29/h3-9H,10-16H2,1-2H3. The summed E-state index contributed by atoms with van der Waals surface area (Å²) in [6, 6.07) is 13.6. The Morgan fingerprint density at radius 3 is 2.13 bits per heavy atom. The maximum absolute atomic E-state index is 12.9. The Hall–Kier alpha value is -3.15. The highest BCUT2D eigenvalue weighted by Gasteiger charge is 2.29. The second kappa shape index (κ2) is 8.30. The number of carbonyl (C=O) groups is 3. The van der Waals surface area contributed by atoms with Crippen molar-refractivity contribution in [1.82, 2.24) is 9.80 Å². The van der Waals surface area contributed by atoms with Crippen LogP contribution in [-0.2, 0) is 16.1 Å². The average Bonchev–Trinajstić information content (AvgIpc) is 3.08. The fourth-order valence-corrected chi connectivity index (χ4v) is 4.15. The number of benzene rings is 2. The molecule has 6 heteroatoms. The van der Waals surface area contributed by atoms with Crippen LogP contribution >= 0.6 is 0 Å². The quantitative estimate of drug-likeness (QED) is 0.734. The first kappa shape index (κ1) is 20.1. The number of piperazine rings is 1. The zero-order valence-electron chi connectivity index (χ0n) is 17.6. The number of amides is 3. The van der Waals surface area contributed by atoms with Gasteiger partial charge in [0.25, 0.3) is 5.91 Å². The number of hydrogen-bond donors (Lipinski definition) is 0. The van der Waals surface area contributed by atoms with Crippen molar-refractivity contribution in [2.45, 2.75) is 33.2 Å². The Balaban J connectivity index is 1.37. The van der Waals surface area contributed by atoms with E-state index in [2.05, 4.69) is 36.9 Å². The number of anilines is 1. The Kier molecular flexibility index (Phi) is 5.57. The highest BCUT2D eigenvalue weighted by molar-refractivity contribution is 6.01. The van der Waals surface area contributed by atoms with Crippen molar-refractivity contribution in [3.63, 3.8) is 0 Å². The number of imide groups is 1. The lowest BCUT2D eigenvalue weighted by Crippen LogP contribution is -2.49. The summed E-state index contributed by atoms with van der Waals surface area (Å²) in [7, 11) is 0. The molecule has 0 radical (unpaired) electrons. The van der Waals surface area contributed by atoms with E-state index in [-0.39, 0.29) is 24.3 Å². The molecule has 0 unspecified atom stereocenters. The second-order valence-electron chi connectivity index (χ2n) is 8.07. The Morgan fingerprint density at radius 2 is 1.50 bits per heavy atom. The number of rotatable bonds is 4. The molecule has 0 N–H and O–H groups in total. The molecule has 4 rings (SSSR count). The molecule has 0 bridgehead atoms. The predicted octanol–water partition coefficient (Wildman–Crippen LogP) is 2.91. The van der Waals surface area contributed by atoms with E-state index in [1.54, 1.807) is 12.1 Å². The lowest BCUT2D eigenvalue weighted by atomic mass is 10.1. The SMILES string of the molecule is Cc1cccc(N2CCN(C(=O)c3ccc(CN4C(=O)CCC4=O)cc3)CC2)c1C. The number of hydrogen-bond acceptors (Lipinski definition) is 4. The predicted molar refractivity (Wildman–Crippen MR) is 115 cm³/mol. The van der Waals surface area contributed by atoms with Crippen molar-refractivity contribution in [3.8, 4) is 0 Å². The molecule has 2 aromatic carbocycles. The van der Waals surface area contributed by atoms with Crippen LogP contribution in [0, 0.1) is 13.8 Å². The van der Waals surface area contributed by atoms with Gasteiger partial charge in [-0.25, -0.2) is 0 Å². The summed E-state index contributed by atoms with van der Waals surface area (Å²) in [5.41, 5.74) is 5.32. The van der Waals surface area contributed by atoms with Crippen LogP contribution in [0.25, 0.3) is 0 Å². The van der Waals surface area contributed by atoms with Gasteiger partial charge in [0.1, 0.15) is 0 Å². The van der Waals surface area contributed by atoms with E-state index >= 15 is 0 Å². The summed E-state index contributed by atoms with van der Waals surface area (Å²) in [4.78, 5) is 42.0. The maximum Gasteiger partial charge on any atom is 0.253 e. The van der Waals surface area contributed by atoms with E-state index < -0.39 is 0 Å². The molecular formula is C24H27N3O3. The molecule has 0 atom stereocenters. The lowest BCUT2D eigenvalue weighted by molar-refractivity contribution is -0.139. The van der Waals surface area contributed by atoms with E-state index in [0.717, 1.165) is 18.7 Å². The first-order valence-electron chi connectivity index (χ1n) is 10.5. The van der Waals surface area contributed by atoms with E-state index in [1.165, 1.54) is 21.7 Å². The third kappa shape index (κ3) is 3.95. The number of carbonyl (C=O) groups excluding carboxylic acids is 3. The van der Waals surface area contributed by atoms with Crippen molar-refractivity contribution in [2.24, 2.45) is 0 Å². The molecule has 2 aliphatic heterocycles. The van der Waals surface area contributed by atoms with Gasteiger partial charge in [-0.05, 0) is 48.7 Å². The lowest BCUT2D eigenvalue weighted by Gasteiger charge is -2.37. The Labute approximate surface area is 177 Å². The van der Waals surface area contributed by atoms with Crippen LogP contribution in [0.1, 0.15) is 39.9 Å². The average molecular weight is 405 g/mol. The van der Waals surface area contributed by atoms with E-state index in [0.29, 0.717) is 31.5 Å². The zero-order chi connectivity index (χ0) is 21.3. The fourth-order valence-electron chi connectivity index (χ4n) is 4.15. The summed E-state index contributed by atoms with van der Waals surface area (Å²) < 4.78 is 0. The Bertz CT molecular complexity index is 960. The normalized spacial score (nSPS) is 17.1. The van der Waals surface area contributed by atoms with Crippen molar-refractivity contribution >= 4 is 23.4 Å². The third-order valence-electron chi connectivity index (χ3n) is 6.18. The van der Waals surface area contributed by atoms with Crippen molar-refractivity contribution in [1.29, 1.82) is 0 Å². The minimum absolute atomic E-state index is 0.0236. The summed E-state index contributed by atoms with van der Waals surface area (Å²) in [5, 5.41) is 0. The molecule has 0 spiro atoms. The number of likely N-dealkylation sites (tertiary alicyclic amines) is 1. The van der Waals surface area contributed by atoms with Gasteiger partial charge in [-0.2, -0.15) is 0 Å². The summed E-state index contributed by atoms with van der Waals surface area (Å²) >= 11 is 0. The summed E-state index contributed by atoms with van der Waals surface area (Å²) in [5.74, 6) is -0.223. The van der Waals surface area contributed by atoms with Crippen LogP contribution in [0.5, 0.6) is 0 Å². The van der Waals surface area contributed by atoms with Crippen molar-refractivity contribution in [2.75, 3.05) is 31.1 Å². The number of aryl methyl sites for hydroxylation is 1. The minimum Gasteiger partial charge on any atom is -0.368 e. The van der Waals surface area contributed by atoms with Crippen LogP contribution in [0.2, 0.25) is 0 Å². The highest BCUT2D eigenvalue weighted by Crippen LogP contribution is 2.24. The highest BCUT2D eigenvalue weighted by atomic mass is 16.2. The first-order valence-corrected chi connectivity index (χ1v) is 10.5. The zero-order valence-corrected chi connectivity index (χ0v) is 17.6. The summed E-state index contributed by atoms with van der Waals surface area (Å²) in [6.45, 7) is 7.54. The molecular weight excluding hydrogens is 378 g/mol. The van der Waals surface area contributed by atoms with Crippen LogP contribution in [0.15, 0.2) is 42.5 Å². The van der Waals surface area contributed by atoms with Gasteiger partial charge in [0.15, 0.2) is 0 Å². The molecule has 2 saturated heterocycles. The van der Waals surface area contributed by atoms with Gasteiger partial charge in [-0.1, -0.05) is 24.3 Å². The van der Waals surface area contributed by atoms with E-state index in [1.807, 2.05) is 17.0 Å². The molecule has 0 aromatic heterocycles. The maximum atomic E-state index is 12.9. The number of nitrogens with zero attached hydrogens (tertiary/aromatic N) is 3. The second-order valence-corrected chi connectivity index (χ2v) is 8.07. The molecule has 2 aliphatic rings. The molecule has 156 valence electrons. The largest absolute Gasteiger partial charge is 0.368 e. The van der Waals surface area contributed by atoms with Crippen LogP contribution in [0.4, 0.5) is 5.69 Å². The van der Waals surface area contributed by atoms with E-state index in [9.17, 15) is 14.4 Å². The molecule has 6 nitrogen and oxygen atoms in total. The molecule has 2 aromatic rings. The first-order chi connectivity index (χ1) is 14.4. The van der Waals surface area contributed by atoms with Crippen LogP contribution < -0.4 is 4.90 Å². The van der Waals surface area contributed by atoms with Gasteiger partial charge < -0.3 is 9.80 Å². The molecule has 3 amide bonds. The smallest absolute Gasteiger partial charge is 0.253 e. The van der Waals surface area contributed by atoms with Gasteiger partial charge in [-0.3, -0.25) is 19.3 Å². The molecule has 0 aliphatic carbocycles. The molecule has 30 heavy (non-hydrogen) atoms. The topological polar surface area (TPSA) is 60.9 Å². The molecule has 2 fully saturated rings. The van der Waals surface area contributed by atoms with Crippen LogP contribution in [-0.4, -0.2) is 53.7 Å². The summed E-state index contributed by atoms with van der Waals surface area (Å²) in [6.07, 6.45) is 0.590. The monoisotopic (exact) mass is 405 g/mol. The van der Waals surface area contributed by atoms with Gasteiger partial charge >= 0.3 is 0 Å². The third-order valence-corrected chi connectivity index (χ3v) is 6.18. The fraction of sp³-hybridized carbons (Fsp3) is 0.375. The van der Waals surface area contributed by atoms with Gasteiger partial charge in [0.2, 0.25) is 11.8 Å². The Morgan fingerprint density at radius 1 is 0.867 bits per heavy atom. The minimum atomic E-state index is -0.123. The molecule has 2 heterocycles. The van der Waals surface area contributed by atoms with Crippen molar-refractivity contribution < 1.29 is 14.4 Å². The van der Waals surface area contributed by atoms with Gasteiger partial charge in [0.05, 0.1) is 6.54 Å².